The lowest BCUT2D eigenvalue weighted by molar-refractivity contribution is -0.133. The fourth-order valence-electron chi connectivity index (χ4n) is 4.18. The Balaban J connectivity index is 1.31. The molecule has 1 aliphatic heterocycles. The van der Waals surface area contributed by atoms with Crippen molar-refractivity contribution < 1.29 is 19.1 Å². The molecule has 30 heavy (non-hydrogen) atoms. The standard InChI is InChI=1S/C22H32N4O4/c23-20(21(28)26-12-4-5-13-26)17-8-10-18(11-9-17)25-19(27)14-24-22(29)30-15-16-6-2-1-3-7-16/h1-3,6-7,17-18,20H,4-5,8-15,23H2,(H,24,29)(H,25,27)/t17?,18?,20-/m0/s1. The third-order valence-electron chi connectivity index (χ3n) is 5.95. The van der Waals surface area contributed by atoms with Crippen LogP contribution in [0.3, 0.4) is 0 Å². The topological polar surface area (TPSA) is 114 Å². The van der Waals surface area contributed by atoms with Gasteiger partial charge in [-0.2, -0.15) is 0 Å². The van der Waals surface area contributed by atoms with Crippen LogP contribution in [0.4, 0.5) is 4.79 Å². The molecule has 1 aromatic carbocycles. The molecule has 1 heterocycles. The number of hydrogen-bond acceptors (Lipinski definition) is 5. The first kappa shape index (κ1) is 22.1. The van der Waals surface area contributed by atoms with Gasteiger partial charge in [0, 0.05) is 19.1 Å². The van der Waals surface area contributed by atoms with Gasteiger partial charge in [0.05, 0.1) is 6.04 Å². The quantitative estimate of drug-likeness (QED) is 0.624. The SMILES string of the molecule is N[C@H](C(=O)N1CCCC1)C1CCC(NC(=O)CNC(=O)OCc2ccccc2)CC1. The summed E-state index contributed by atoms with van der Waals surface area (Å²) in [4.78, 5) is 38.2. The van der Waals surface area contributed by atoms with Gasteiger partial charge >= 0.3 is 6.09 Å². The molecule has 4 N–H and O–H groups in total. The Labute approximate surface area is 177 Å². The predicted octanol–water partition coefficient (Wildman–Crippen LogP) is 1.54. The van der Waals surface area contributed by atoms with Crippen molar-refractivity contribution in [1.82, 2.24) is 15.5 Å². The maximum atomic E-state index is 12.5. The first-order valence-corrected chi connectivity index (χ1v) is 10.8. The van der Waals surface area contributed by atoms with Gasteiger partial charge in [0.15, 0.2) is 0 Å². The molecule has 3 rings (SSSR count). The first-order valence-electron chi connectivity index (χ1n) is 10.8. The van der Waals surface area contributed by atoms with Gasteiger partial charge in [-0.3, -0.25) is 9.59 Å². The minimum Gasteiger partial charge on any atom is -0.445 e. The molecule has 1 saturated carbocycles. The zero-order valence-corrected chi connectivity index (χ0v) is 17.3. The molecule has 0 bridgehead atoms. The van der Waals surface area contributed by atoms with E-state index >= 15 is 0 Å². The molecule has 3 amide bonds. The molecule has 0 radical (unpaired) electrons. The lowest BCUT2D eigenvalue weighted by Crippen LogP contribution is -2.49. The Morgan fingerprint density at radius 2 is 1.73 bits per heavy atom. The molecule has 1 aliphatic carbocycles. The molecule has 2 fully saturated rings. The lowest BCUT2D eigenvalue weighted by atomic mass is 9.81. The summed E-state index contributed by atoms with van der Waals surface area (Å²) in [6, 6.07) is 8.95. The molecule has 0 unspecified atom stereocenters. The van der Waals surface area contributed by atoms with Gasteiger partial charge in [-0.25, -0.2) is 4.79 Å². The number of likely N-dealkylation sites (tertiary alicyclic amines) is 1. The molecule has 0 spiro atoms. The molecule has 0 aromatic heterocycles. The van der Waals surface area contributed by atoms with E-state index in [0.29, 0.717) is 0 Å². The largest absolute Gasteiger partial charge is 0.445 e. The van der Waals surface area contributed by atoms with Crippen LogP contribution < -0.4 is 16.4 Å². The minimum absolute atomic E-state index is 0.0463. The molecule has 8 nitrogen and oxygen atoms in total. The molecular formula is C22H32N4O4. The molecule has 1 saturated heterocycles. The van der Waals surface area contributed by atoms with Crippen LogP contribution in [-0.4, -0.2) is 54.5 Å². The Hall–Kier alpha value is -2.61. The van der Waals surface area contributed by atoms with Crippen molar-refractivity contribution in [3.8, 4) is 0 Å². The van der Waals surface area contributed by atoms with Gasteiger partial charge in [-0.15, -0.1) is 0 Å². The van der Waals surface area contributed by atoms with E-state index in [1.54, 1.807) is 0 Å². The van der Waals surface area contributed by atoms with Crippen LogP contribution in [0.2, 0.25) is 0 Å². The fourth-order valence-corrected chi connectivity index (χ4v) is 4.18. The summed E-state index contributed by atoms with van der Waals surface area (Å²) in [7, 11) is 0. The van der Waals surface area contributed by atoms with E-state index in [4.69, 9.17) is 10.5 Å². The molecule has 2 aliphatic rings. The summed E-state index contributed by atoms with van der Waals surface area (Å²) in [6.45, 7) is 1.67. The van der Waals surface area contributed by atoms with Crippen LogP contribution >= 0.6 is 0 Å². The second kappa shape index (κ2) is 11.0. The molecular weight excluding hydrogens is 384 g/mol. The lowest BCUT2D eigenvalue weighted by Gasteiger charge is -2.33. The van der Waals surface area contributed by atoms with E-state index in [1.807, 2.05) is 35.2 Å². The molecule has 1 aromatic rings. The van der Waals surface area contributed by atoms with Gasteiger partial charge in [0.1, 0.15) is 13.2 Å². The van der Waals surface area contributed by atoms with E-state index in [0.717, 1.165) is 57.2 Å². The van der Waals surface area contributed by atoms with Crippen LogP contribution in [0.1, 0.15) is 44.1 Å². The third kappa shape index (κ3) is 6.45. The van der Waals surface area contributed by atoms with E-state index in [1.165, 1.54) is 0 Å². The Bertz CT molecular complexity index is 713. The second-order valence-corrected chi connectivity index (χ2v) is 8.15. The summed E-state index contributed by atoms with van der Waals surface area (Å²) >= 11 is 0. The van der Waals surface area contributed by atoms with Gasteiger partial charge in [-0.1, -0.05) is 30.3 Å². The predicted molar refractivity (Wildman–Crippen MR) is 112 cm³/mol. The van der Waals surface area contributed by atoms with Crippen LogP contribution in [0.5, 0.6) is 0 Å². The van der Waals surface area contributed by atoms with Crippen LogP contribution in [0.15, 0.2) is 30.3 Å². The highest BCUT2D eigenvalue weighted by molar-refractivity contribution is 5.83. The number of nitrogens with zero attached hydrogens (tertiary/aromatic N) is 1. The number of hydrogen-bond donors (Lipinski definition) is 3. The van der Waals surface area contributed by atoms with Crippen molar-refractivity contribution in [2.75, 3.05) is 19.6 Å². The number of nitrogens with one attached hydrogen (secondary N) is 2. The maximum Gasteiger partial charge on any atom is 0.407 e. The van der Waals surface area contributed by atoms with Crippen molar-refractivity contribution in [2.45, 2.75) is 57.2 Å². The maximum absolute atomic E-state index is 12.5. The Morgan fingerprint density at radius 3 is 2.40 bits per heavy atom. The fraction of sp³-hybridized carbons (Fsp3) is 0.591. The van der Waals surface area contributed by atoms with Crippen molar-refractivity contribution in [1.29, 1.82) is 0 Å². The molecule has 164 valence electrons. The number of amides is 3. The number of alkyl carbamates (subject to hydrolysis) is 1. The average Bonchev–Trinajstić information content (AvgIpc) is 3.31. The number of rotatable bonds is 7. The zero-order chi connectivity index (χ0) is 21.3. The van der Waals surface area contributed by atoms with E-state index in [9.17, 15) is 14.4 Å². The Kier molecular flexibility index (Phi) is 8.07. The molecule has 8 heteroatoms. The van der Waals surface area contributed by atoms with Crippen molar-refractivity contribution >= 4 is 17.9 Å². The van der Waals surface area contributed by atoms with Crippen molar-refractivity contribution in [3.63, 3.8) is 0 Å². The molecule has 1 atom stereocenters. The van der Waals surface area contributed by atoms with E-state index in [2.05, 4.69) is 10.6 Å². The highest BCUT2D eigenvalue weighted by Gasteiger charge is 2.33. The number of carbonyl (C=O) groups excluding carboxylic acids is 3. The number of benzene rings is 1. The Morgan fingerprint density at radius 1 is 1.07 bits per heavy atom. The van der Waals surface area contributed by atoms with Crippen LogP contribution in [-0.2, 0) is 20.9 Å². The van der Waals surface area contributed by atoms with Gasteiger partial charge in [0.25, 0.3) is 0 Å². The summed E-state index contributed by atoms with van der Waals surface area (Å²) in [5, 5.41) is 5.42. The van der Waals surface area contributed by atoms with Crippen LogP contribution in [0, 0.1) is 5.92 Å². The highest BCUT2D eigenvalue weighted by atomic mass is 16.5. The van der Waals surface area contributed by atoms with E-state index in [-0.39, 0.29) is 36.9 Å². The highest BCUT2D eigenvalue weighted by Crippen LogP contribution is 2.27. The van der Waals surface area contributed by atoms with Gasteiger partial charge in [-0.05, 0) is 50.0 Å². The average molecular weight is 417 g/mol. The summed E-state index contributed by atoms with van der Waals surface area (Å²) in [5.74, 6) is -0.0110. The zero-order valence-electron chi connectivity index (χ0n) is 17.3. The summed E-state index contributed by atoms with van der Waals surface area (Å²) in [6.07, 6.45) is 4.71. The number of carbonyl (C=O) groups is 3. The van der Waals surface area contributed by atoms with Gasteiger partial charge in [0.2, 0.25) is 11.8 Å². The van der Waals surface area contributed by atoms with Gasteiger partial charge < -0.3 is 26.0 Å². The van der Waals surface area contributed by atoms with E-state index < -0.39 is 12.1 Å². The van der Waals surface area contributed by atoms with Crippen molar-refractivity contribution in [3.05, 3.63) is 35.9 Å². The first-order chi connectivity index (χ1) is 14.5. The van der Waals surface area contributed by atoms with Crippen molar-refractivity contribution in [2.24, 2.45) is 11.7 Å². The minimum atomic E-state index is -0.621. The summed E-state index contributed by atoms with van der Waals surface area (Å²) < 4.78 is 5.09. The number of ether oxygens (including phenoxy) is 1. The van der Waals surface area contributed by atoms with Crippen LogP contribution in [0.25, 0.3) is 0 Å². The second-order valence-electron chi connectivity index (χ2n) is 8.15. The number of nitrogens with two attached hydrogens (primary N) is 1. The smallest absolute Gasteiger partial charge is 0.407 e. The monoisotopic (exact) mass is 416 g/mol. The normalized spacial score (nSPS) is 22.2. The summed E-state index contributed by atoms with van der Waals surface area (Å²) in [5.41, 5.74) is 7.11. The third-order valence-corrected chi connectivity index (χ3v) is 5.95.